The standard InChI is InChI=1S/C29H26N2O3/c1-30(27(21-11-4-2-5-12-21)22-13-6-3-7-14-22)28(32)25-19-23-15-8-9-16-24(23)20-31(25)29(33)26-17-10-18-34-26/h2-18,25,27H,19-20H2,1H3/t25-/m1/s1. The van der Waals surface area contributed by atoms with Crippen molar-refractivity contribution >= 4 is 11.8 Å². The second kappa shape index (κ2) is 9.40. The van der Waals surface area contributed by atoms with Crippen LogP contribution in [0.3, 0.4) is 0 Å². The lowest BCUT2D eigenvalue weighted by Gasteiger charge is -2.39. The van der Waals surface area contributed by atoms with Crippen molar-refractivity contribution in [3.05, 3.63) is 131 Å². The van der Waals surface area contributed by atoms with Crippen molar-refractivity contribution in [1.29, 1.82) is 0 Å². The molecule has 1 aromatic heterocycles. The van der Waals surface area contributed by atoms with E-state index >= 15 is 0 Å². The van der Waals surface area contributed by atoms with Crippen LogP contribution in [0.5, 0.6) is 0 Å². The Kier molecular flexibility index (Phi) is 6.00. The maximum atomic E-state index is 14.1. The molecule has 2 heterocycles. The lowest BCUT2D eigenvalue weighted by Crippen LogP contribution is -2.53. The van der Waals surface area contributed by atoms with E-state index in [2.05, 4.69) is 0 Å². The molecule has 1 aliphatic heterocycles. The average molecular weight is 451 g/mol. The van der Waals surface area contributed by atoms with E-state index in [1.807, 2.05) is 92.0 Å². The van der Waals surface area contributed by atoms with E-state index in [-0.39, 0.29) is 23.6 Å². The molecule has 34 heavy (non-hydrogen) atoms. The Morgan fingerprint density at radius 3 is 2.00 bits per heavy atom. The Balaban J connectivity index is 1.53. The van der Waals surface area contributed by atoms with Gasteiger partial charge in [-0.25, -0.2) is 0 Å². The molecule has 0 bridgehead atoms. The summed E-state index contributed by atoms with van der Waals surface area (Å²) in [7, 11) is 1.82. The van der Waals surface area contributed by atoms with Crippen LogP contribution in [0.2, 0.25) is 0 Å². The molecule has 4 aromatic rings. The van der Waals surface area contributed by atoms with Crippen molar-refractivity contribution < 1.29 is 14.0 Å². The highest BCUT2D eigenvalue weighted by Gasteiger charge is 2.39. The predicted octanol–water partition coefficient (Wildman–Crippen LogP) is 5.09. The highest BCUT2D eigenvalue weighted by molar-refractivity contribution is 5.96. The normalized spacial score (nSPS) is 15.1. The molecule has 0 saturated heterocycles. The van der Waals surface area contributed by atoms with E-state index in [1.54, 1.807) is 21.9 Å². The molecule has 0 fully saturated rings. The Morgan fingerprint density at radius 2 is 1.41 bits per heavy atom. The summed E-state index contributed by atoms with van der Waals surface area (Å²) >= 11 is 0. The summed E-state index contributed by atoms with van der Waals surface area (Å²) in [5.41, 5.74) is 4.18. The van der Waals surface area contributed by atoms with Crippen LogP contribution in [0.4, 0.5) is 0 Å². The van der Waals surface area contributed by atoms with E-state index < -0.39 is 6.04 Å². The monoisotopic (exact) mass is 450 g/mol. The minimum atomic E-state index is -0.632. The molecular formula is C29H26N2O3. The molecule has 0 unspecified atom stereocenters. The van der Waals surface area contributed by atoms with Gasteiger partial charge in [0.2, 0.25) is 5.91 Å². The van der Waals surface area contributed by atoms with Gasteiger partial charge >= 0.3 is 0 Å². The average Bonchev–Trinajstić information content (AvgIpc) is 3.43. The van der Waals surface area contributed by atoms with E-state index in [1.165, 1.54) is 6.26 Å². The van der Waals surface area contributed by atoms with Gasteiger partial charge in [0.1, 0.15) is 6.04 Å². The highest BCUT2D eigenvalue weighted by Crippen LogP contribution is 2.31. The van der Waals surface area contributed by atoms with Gasteiger partial charge in [-0.15, -0.1) is 0 Å². The zero-order valence-electron chi connectivity index (χ0n) is 19.0. The number of amides is 2. The minimum absolute atomic E-state index is 0.105. The van der Waals surface area contributed by atoms with Crippen LogP contribution in [0.25, 0.3) is 0 Å². The molecule has 3 aromatic carbocycles. The van der Waals surface area contributed by atoms with Gasteiger partial charge in [0.05, 0.1) is 12.3 Å². The fourth-order valence-corrected chi connectivity index (χ4v) is 4.77. The molecule has 0 radical (unpaired) electrons. The van der Waals surface area contributed by atoms with Crippen LogP contribution in [0.1, 0.15) is 38.9 Å². The van der Waals surface area contributed by atoms with Crippen molar-refractivity contribution in [2.45, 2.75) is 25.0 Å². The highest BCUT2D eigenvalue weighted by atomic mass is 16.3. The Labute approximate surface area is 199 Å². The lowest BCUT2D eigenvalue weighted by atomic mass is 9.91. The molecule has 1 aliphatic rings. The van der Waals surface area contributed by atoms with Crippen molar-refractivity contribution in [2.75, 3.05) is 7.05 Å². The number of hydrogen-bond acceptors (Lipinski definition) is 3. The molecule has 0 N–H and O–H groups in total. The summed E-state index contributed by atoms with van der Waals surface area (Å²) in [6, 6.07) is 30.4. The number of carbonyl (C=O) groups is 2. The van der Waals surface area contributed by atoms with Gasteiger partial charge < -0.3 is 14.2 Å². The van der Waals surface area contributed by atoms with Crippen molar-refractivity contribution in [3.63, 3.8) is 0 Å². The van der Waals surface area contributed by atoms with Gasteiger partial charge in [-0.1, -0.05) is 84.9 Å². The quantitative estimate of drug-likeness (QED) is 0.425. The summed E-state index contributed by atoms with van der Waals surface area (Å²) in [6.45, 7) is 0.362. The fourth-order valence-electron chi connectivity index (χ4n) is 4.77. The number of furan rings is 1. The van der Waals surface area contributed by atoms with Gasteiger partial charge in [-0.05, 0) is 34.4 Å². The van der Waals surface area contributed by atoms with Gasteiger partial charge in [0.15, 0.2) is 5.76 Å². The van der Waals surface area contributed by atoms with Crippen LogP contribution in [-0.4, -0.2) is 34.7 Å². The predicted molar refractivity (Wildman–Crippen MR) is 130 cm³/mol. The number of fused-ring (bicyclic) bond motifs is 1. The molecule has 1 atom stereocenters. The molecule has 0 spiro atoms. The summed E-state index contributed by atoms with van der Waals surface area (Å²) in [5, 5.41) is 0. The number of rotatable bonds is 5. The fraction of sp³-hybridized carbons (Fsp3) is 0.172. The molecule has 0 aliphatic carbocycles. The maximum Gasteiger partial charge on any atom is 0.290 e. The molecule has 5 heteroatoms. The van der Waals surface area contributed by atoms with Crippen LogP contribution in [0.15, 0.2) is 108 Å². The minimum Gasteiger partial charge on any atom is -0.459 e. The first-order chi connectivity index (χ1) is 16.6. The molecule has 170 valence electrons. The van der Waals surface area contributed by atoms with Crippen molar-refractivity contribution in [3.8, 4) is 0 Å². The van der Waals surface area contributed by atoms with Crippen molar-refractivity contribution in [2.24, 2.45) is 0 Å². The van der Waals surface area contributed by atoms with Crippen molar-refractivity contribution in [1.82, 2.24) is 9.80 Å². The molecule has 5 nitrogen and oxygen atoms in total. The van der Waals surface area contributed by atoms with Gasteiger partial charge in [-0.3, -0.25) is 9.59 Å². The number of carbonyl (C=O) groups excluding carboxylic acids is 2. The molecule has 0 saturated carbocycles. The van der Waals surface area contributed by atoms with Gasteiger partial charge in [0, 0.05) is 20.0 Å². The Bertz CT molecular complexity index is 1230. The van der Waals surface area contributed by atoms with Crippen LogP contribution in [0, 0.1) is 0 Å². The van der Waals surface area contributed by atoms with Crippen LogP contribution >= 0.6 is 0 Å². The van der Waals surface area contributed by atoms with Gasteiger partial charge in [-0.2, -0.15) is 0 Å². The summed E-state index contributed by atoms with van der Waals surface area (Å²) < 4.78 is 5.40. The first-order valence-corrected chi connectivity index (χ1v) is 11.4. The van der Waals surface area contributed by atoms with Crippen LogP contribution in [-0.2, 0) is 17.8 Å². The Morgan fingerprint density at radius 1 is 0.824 bits per heavy atom. The third-order valence-corrected chi connectivity index (χ3v) is 6.49. The topological polar surface area (TPSA) is 53.8 Å². The first-order valence-electron chi connectivity index (χ1n) is 11.4. The van der Waals surface area contributed by atoms with E-state index in [0.717, 1.165) is 22.3 Å². The van der Waals surface area contributed by atoms with Gasteiger partial charge in [0.25, 0.3) is 5.91 Å². The lowest BCUT2D eigenvalue weighted by molar-refractivity contribution is -0.137. The zero-order valence-corrected chi connectivity index (χ0v) is 19.0. The molecule has 5 rings (SSSR count). The Hall–Kier alpha value is -4.12. The molecular weight excluding hydrogens is 424 g/mol. The summed E-state index contributed by atoms with van der Waals surface area (Å²) in [4.78, 5) is 30.9. The maximum absolute atomic E-state index is 14.1. The van der Waals surface area contributed by atoms with E-state index in [0.29, 0.717) is 13.0 Å². The van der Waals surface area contributed by atoms with E-state index in [4.69, 9.17) is 4.42 Å². The third kappa shape index (κ3) is 4.13. The number of benzene rings is 3. The summed E-state index contributed by atoms with van der Waals surface area (Å²) in [6.07, 6.45) is 1.94. The van der Waals surface area contributed by atoms with Crippen LogP contribution < -0.4 is 0 Å². The third-order valence-electron chi connectivity index (χ3n) is 6.49. The van der Waals surface area contributed by atoms with E-state index in [9.17, 15) is 9.59 Å². The second-order valence-corrected chi connectivity index (χ2v) is 8.57. The summed E-state index contributed by atoms with van der Waals surface area (Å²) in [5.74, 6) is -0.142. The largest absolute Gasteiger partial charge is 0.459 e. The molecule has 2 amide bonds. The zero-order chi connectivity index (χ0) is 23.5. The first kappa shape index (κ1) is 21.7. The smallest absolute Gasteiger partial charge is 0.290 e. The number of nitrogens with zero attached hydrogens (tertiary/aromatic N) is 2. The SMILES string of the molecule is CN(C(=O)[C@H]1Cc2ccccc2CN1C(=O)c1ccco1)C(c1ccccc1)c1ccccc1. The second-order valence-electron chi connectivity index (χ2n) is 8.57. The number of hydrogen-bond donors (Lipinski definition) is 0. The number of likely N-dealkylation sites (N-methyl/N-ethyl adjacent to an activating group) is 1.